The van der Waals surface area contributed by atoms with E-state index in [1.807, 2.05) is 13.8 Å². The van der Waals surface area contributed by atoms with Crippen LogP contribution in [-0.2, 0) is 42.9 Å². The highest BCUT2D eigenvalue weighted by molar-refractivity contribution is 5.96. The molecule has 0 aromatic carbocycles. The first-order chi connectivity index (χ1) is 20.0. The predicted molar refractivity (Wildman–Crippen MR) is 150 cm³/mol. The molecule has 2 aliphatic heterocycles. The summed E-state index contributed by atoms with van der Waals surface area (Å²) in [4.78, 5) is 53.7. The number of hydrogen-bond donors (Lipinski definition) is 2. The fourth-order valence-electron chi connectivity index (χ4n) is 8.89. The van der Waals surface area contributed by atoms with E-state index < -0.39 is 70.6 Å². The summed E-state index contributed by atoms with van der Waals surface area (Å²) >= 11 is 0. The predicted octanol–water partition coefficient (Wildman–Crippen LogP) is 2.41. The molecule has 2 saturated heterocycles. The van der Waals surface area contributed by atoms with Crippen molar-refractivity contribution in [3.8, 4) is 0 Å². The molecular weight excluding hydrogens is 560 g/mol. The van der Waals surface area contributed by atoms with Gasteiger partial charge in [0.15, 0.2) is 11.5 Å². The van der Waals surface area contributed by atoms with Crippen LogP contribution in [0.15, 0.2) is 23.0 Å². The van der Waals surface area contributed by atoms with Crippen LogP contribution in [0.4, 0.5) is 0 Å². The van der Waals surface area contributed by atoms with Crippen LogP contribution in [0.25, 0.3) is 0 Å². The molecule has 2 saturated carbocycles. The van der Waals surface area contributed by atoms with Gasteiger partial charge in [0, 0.05) is 23.8 Å². The standard InChI is InChI=1S/C32H44O11/c1-15(2)11-20(34)43-23-25-31-14-41-32(25,28(38)39-8)26(36)21(35)24(31)30(7)13-18(33)22(40-10-9-29(4,5)6)16(3)17(30)12-19(31)42-27(23)37/h11,17,19,21,23-26,35-36H,9-10,12-14H2,1-8H3/t17-,19+,21+,23+,24?,25+,26-,30-,31+,32-/m0/s1. The van der Waals surface area contributed by atoms with Gasteiger partial charge in [-0.15, -0.1) is 0 Å². The number of carbonyl (C=O) groups excluding carboxylic acids is 4. The Morgan fingerprint density at radius 1 is 1.14 bits per heavy atom. The van der Waals surface area contributed by atoms with E-state index >= 15 is 0 Å². The quantitative estimate of drug-likeness (QED) is 0.261. The second-order valence-electron chi connectivity index (χ2n) is 14.6. The summed E-state index contributed by atoms with van der Waals surface area (Å²) < 4.78 is 29.0. The number of aliphatic hydroxyl groups is 2. The van der Waals surface area contributed by atoms with Crippen LogP contribution >= 0.6 is 0 Å². The summed E-state index contributed by atoms with van der Waals surface area (Å²) in [5.41, 5.74) is -3.09. The minimum Gasteiger partial charge on any atom is -0.490 e. The minimum atomic E-state index is -2.20. The lowest BCUT2D eigenvalue weighted by Gasteiger charge is -2.67. The average Bonchev–Trinajstić information content (AvgIpc) is 3.20. The van der Waals surface area contributed by atoms with Gasteiger partial charge in [-0.25, -0.2) is 14.4 Å². The van der Waals surface area contributed by atoms with Crippen LogP contribution in [0.5, 0.6) is 0 Å². The van der Waals surface area contributed by atoms with Gasteiger partial charge in [0.2, 0.25) is 11.7 Å². The van der Waals surface area contributed by atoms with Gasteiger partial charge in [0.1, 0.15) is 12.2 Å². The van der Waals surface area contributed by atoms with Crippen molar-refractivity contribution in [3.63, 3.8) is 0 Å². The van der Waals surface area contributed by atoms with Gasteiger partial charge in [-0.1, -0.05) is 33.3 Å². The van der Waals surface area contributed by atoms with E-state index in [1.165, 1.54) is 6.08 Å². The Labute approximate surface area is 251 Å². The Bertz CT molecular complexity index is 1290. The number of fused-ring (bicyclic) bond motifs is 2. The van der Waals surface area contributed by atoms with E-state index in [9.17, 15) is 29.4 Å². The number of hydrogen-bond acceptors (Lipinski definition) is 11. The molecule has 2 heterocycles. The van der Waals surface area contributed by atoms with Gasteiger partial charge in [0.25, 0.3) is 0 Å². The Kier molecular flexibility index (Phi) is 7.66. The second kappa shape index (κ2) is 10.4. The summed E-state index contributed by atoms with van der Waals surface area (Å²) in [7, 11) is 1.12. The van der Waals surface area contributed by atoms with Gasteiger partial charge in [-0.3, -0.25) is 4.79 Å². The van der Waals surface area contributed by atoms with Crippen LogP contribution in [0.1, 0.15) is 67.7 Å². The molecule has 5 rings (SSSR count). The zero-order valence-corrected chi connectivity index (χ0v) is 26.2. The topological polar surface area (TPSA) is 155 Å². The molecule has 2 N–H and O–H groups in total. The number of ether oxygens (including phenoxy) is 5. The SMILES string of the molecule is COC(=O)[C@@]12OC[C@]34C([C@@H](O)[C@@H]1O)[C@@]1(C)CC(=O)C(OCCC(C)(C)C)=C(C)[C@@H]1C[C@H]3OC(=O)[C@H](OC(=O)C=C(C)C)[C@@H]24. The number of Topliss-reactive ketones (excluding diaryl/α,β-unsaturated/α-hetero) is 1. The normalized spacial score (nSPS) is 41.5. The number of allylic oxidation sites excluding steroid dienone is 3. The third-order valence-corrected chi connectivity index (χ3v) is 10.6. The Balaban J connectivity index is 1.64. The zero-order chi connectivity index (χ0) is 31.9. The molecule has 0 aromatic rings. The molecule has 5 aliphatic rings. The molecular formula is C32H44O11. The highest BCUT2D eigenvalue weighted by Gasteiger charge is 2.85. The van der Waals surface area contributed by atoms with Gasteiger partial charge in [-0.05, 0) is 55.9 Å². The lowest BCUT2D eigenvalue weighted by molar-refractivity contribution is -0.290. The van der Waals surface area contributed by atoms with Gasteiger partial charge in [-0.2, -0.15) is 0 Å². The molecule has 11 heteroatoms. The van der Waals surface area contributed by atoms with Crippen molar-refractivity contribution in [2.24, 2.45) is 34.0 Å². The molecule has 0 radical (unpaired) electrons. The van der Waals surface area contributed by atoms with Gasteiger partial charge >= 0.3 is 17.9 Å². The summed E-state index contributed by atoms with van der Waals surface area (Å²) in [6.07, 6.45) is -3.70. The fraction of sp³-hybridized carbons (Fsp3) is 0.750. The zero-order valence-electron chi connectivity index (χ0n) is 26.2. The maximum Gasteiger partial charge on any atom is 0.348 e. The number of ketones is 1. The lowest BCUT2D eigenvalue weighted by Crippen LogP contribution is -2.79. The average molecular weight is 605 g/mol. The van der Waals surface area contributed by atoms with Gasteiger partial charge < -0.3 is 33.9 Å². The van der Waals surface area contributed by atoms with E-state index in [4.69, 9.17) is 23.7 Å². The van der Waals surface area contributed by atoms with Gasteiger partial charge in [0.05, 0.1) is 32.3 Å². The smallest absolute Gasteiger partial charge is 0.348 e. The fourth-order valence-corrected chi connectivity index (χ4v) is 8.89. The molecule has 43 heavy (non-hydrogen) atoms. The highest BCUT2D eigenvalue weighted by Crippen LogP contribution is 2.72. The van der Waals surface area contributed by atoms with Crippen LogP contribution < -0.4 is 0 Å². The molecule has 10 atom stereocenters. The number of esters is 3. The maximum absolute atomic E-state index is 13.7. The minimum absolute atomic E-state index is 0.00309. The molecule has 1 unspecified atom stereocenters. The Morgan fingerprint density at radius 2 is 1.81 bits per heavy atom. The molecule has 238 valence electrons. The second-order valence-corrected chi connectivity index (χ2v) is 14.6. The number of rotatable bonds is 6. The van der Waals surface area contributed by atoms with E-state index in [0.717, 1.165) is 13.5 Å². The molecule has 3 aliphatic carbocycles. The summed E-state index contributed by atoms with van der Waals surface area (Å²) in [6.45, 7) is 13.5. The van der Waals surface area contributed by atoms with Crippen molar-refractivity contribution in [1.82, 2.24) is 0 Å². The Morgan fingerprint density at radius 3 is 2.42 bits per heavy atom. The van der Waals surface area contributed by atoms with Crippen molar-refractivity contribution in [2.45, 2.75) is 97.7 Å². The first kappa shape index (κ1) is 31.7. The van der Waals surface area contributed by atoms with E-state index in [-0.39, 0.29) is 42.3 Å². The summed E-state index contributed by atoms with van der Waals surface area (Å²) in [5.74, 6) is -5.10. The third-order valence-electron chi connectivity index (χ3n) is 10.6. The molecule has 4 fully saturated rings. The first-order valence-electron chi connectivity index (χ1n) is 15.0. The largest absolute Gasteiger partial charge is 0.490 e. The Hall–Kier alpha value is -2.76. The van der Waals surface area contributed by atoms with Crippen LogP contribution in [0, 0.1) is 34.0 Å². The van der Waals surface area contributed by atoms with Crippen molar-refractivity contribution in [1.29, 1.82) is 0 Å². The lowest BCUT2D eigenvalue weighted by atomic mass is 9.38. The summed E-state index contributed by atoms with van der Waals surface area (Å²) in [6, 6.07) is 0. The molecule has 0 aromatic heterocycles. The maximum atomic E-state index is 13.7. The van der Waals surface area contributed by atoms with E-state index in [2.05, 4.69) is 20.8 Å². The number of carbonyl (C=O) groups is 4. The highest BCUT2D eigenvalue weighted by atomic mass is 16.6. The molecule has 11 nitrogen and oxygen atoms in total. The van der Waals surface area contributed by atoms with Crippen LogP contribution in [0.2, 0.25) is 0 Å². The monoisotopic (exact) mass is 604 g/mol. The summed E-state index contributed by atoms with van der Waals surface area (Å²) in [5, 5.41) is 23.6. The first-order valence-corrected chi connectivity index (χ1v) is 15.0. The van der Waals surface area contributed by atoms with Crippen LogP contribution in [-0.4, -0.2) is 84.2 Å². The van der Waals surface area contributed by atoms with Crippen molar-refractivity contribution in [2.75, 3.05) is 20.3 Å². The van der Waals surface area contributed by atoms with Crippen molar-refractivity contribution < 1.29 is 53.1 Å². The number of aliphatic hydroxyl groups excluding tert-OH is 2. The van der Waals surface area contributed by atoms with Crippen molar-refractivity contribution in [3.05, 3.63) is 23.0 Å². The van der Waals surface area contributed by atoms with E-state index in [0.29, 0.717) is 17.8 Å². The van der Waals surface area contributed by atoms with E-state index in [1.54, 1.807) is 13.8 Å². The van der Waals surface area contributed by atoms with Crippen molar-refractivity contribution >= 4 is 23.7 Å². The molecule has 0 amide bonds. The van der Waals surface area contributed by atoms with Crippen LogP contribution in [0.3, 0.4) is 0 Å². The molecule has 1 spiro atoms. The molecule has 2 bridgehead atoms. The number of methoxy groups -OCH3 is 1. The third kappa shape index (κ3) is 4.48.